The number of nitrogens with zero attached hydrogens (tertiary/aromatic N) is 4. The van der Waals surface area contributed by atoms with Crippen molar-refractivity contribution in [2.45, 2.75) is 38.1 Å². The second-order valence-corrected chi connectivity index (χ2v) is 8.71. The number of hydrogen-bond donors (Lipinski definition) is 1. The summed E-state index contributed by atoms with van der Waals surface area (Å²) in [6.07, 6.45) is 2.19. The number of halogens is 5. The molecule has 3 aliphatic rings. The molecule has 3 heterocycles. The van der Waals surface area contributed by atoms with Crippen LogP contribution < -0.4 is 10.5 Å². The van der Waals surface area contributed by atoms with Crippen molar-refractivity contribution in [2.24, 2.45) is 17.8 Å². The van der Waals surface area contributed by atoms with E-state index in [1.165, 1.54) is 17.2 Å². The first kappa shape index (κ1) is 20.5. The molecule has 6 nitrogen and oxygen atoms in total. The van der Waals surface area contributed by atoms with E-state index >= 15 is 0 Å². The molecule has 2 aromatic heterocycles. The van der Waals surface area contributed by atoms with Gasteiger partial charge >= 0.3 is 12.8 Å². The van der Waals surface area contributed by atoms with Crippen molar-refractivity contribution in [1.29, 1.82) is 0 Å². The summed E-state index contributed by atoms with van der Waals surface area (Å²) in [7, 11) is 0. The van der Waals surface area contributed by atoms with E-state index in [2.05, 4.69) is 14.3 Å². The molecule has 0 unspecified atom stereocenters. The van der Waals surface area contributed by atoms with E-state index in [0.29, 0.717) is 30.3 Å². The minimum absolute atomic E-state index is 0.123. The van der Waals surface area contributed by atoms with Crippen molar-refractivity contribution in [3.8, 4) is 17.0 Å². The van der Waals surface area contributed by atoms with Gasteiger partial charge in [-0.25, -0.2) is 9.97 Å². The first-order chi connectivity index (χ1) is 14.7. The third-order valence-corrected chi connectivity index (χ3v) is 6.32. The smallest absolute Gasteiger partial charge is 0.401 e. The predicted octanol–water partition coefficient (Wildman–Crippen LogP) is 3.75. The Bertz CT molecular complexity index is 961. The molecule has 0 bridgehead atoms. The van der Waals surface area contributed by atoms with E-state index in [4.69, 9.17) is 10.7 Å². The molecule has 0 radical (unpaired) electrons. The lowest BCUT2D eigenvalue weighted by Gasteiger charge is -2.21. The molecule has 1 aliphatic heterocycles. The molecule has 168 valence electrons. The van der Waals surface area contributed by atoms with Gasteiger partial charge in [0.25, 0.3) is 0 Å². The number of fused-ring (bicyclic) bond motifs is 1. The van der Waals surface area contributed by atoms with Crippen molar-refractivity contribution in [2.75, 3.05) is 25.4 Å². The molecule has 2 saturated carbocycles. The van der Waals surface area contributed by atoms with Gasteiger partial charge in [-0.3, -0.25) is 4.90 Å². The van der Waals surface area contributed by atoms with E-state index in [9.17, 15) is 22.0 Å². The number of hydrogen-bond acceptors (Lipinski definition) is 5. The summed E-state index contributed by atoms with van der Waals surface area (Å²) in [5, 5.41) is 0. The van der Waals surface area contributed by atoms with Gasteiger partial charge in [-0.05, 0) is 36.7 Å². The van der Waals surface area contributed by atoms with E-state index < -0.39 is 19.3 Å². The largest absolute Gasteiger partial charge is 0.431 e. The number of likely N-dealkylation sites (tertiary alicyclic amines) is 1. The highest BCUT2D eigenvalue weighted by Crippen LogP contribution is 2.56. The van der Waals surface area contributed by atoms with Gasteiger partial charge in [-0.15, -0.1) is 0 Å². The van der Waals surface area contributed by atoms with Gasteiger partial charge in [0.05, 0.1) is 12.2 Å². The Morgan fingerprint density at radius 1 is 1.19 bits per heavy atom. The van der Waals surface area contributed by atoms with Crippen LogP contribution in [0.15, 0.2) is 18.5 Å². The first-order valence-electron chi connectivity index (χ1n) is 10.3. The zero-order valence-electron chi connectivity index (χ0n) is 16.5. The highest BCUT2D eigenvalue weighted by molar-refractivity contribution is 5.63. The first-order valence-corrected chi connectivity index (χ1v) is 10.3. The summed E-state index contributed by atoms with van der Waals surface area (Å²) in [5.41, 5.74) is 6.70. The van der Waals surface area contributed by atoms with Crippen LogP contribution in [-0.4, -0.2) is 51.9 Å². The summed E-state index contributed by atoms with van der Waals surface area (Å²) >= 11 is 0. The number of anilines is 1. The molecule has 31 heavy (non-hydrogen) atoms. The van der Waals surface area contributed by atoms with Crippen LogP contribution in [0.1, 0.15) is 24.7 Å². The number of aromatic nitrogens is 3. The topological polar surface area (TPSA) is 69.2 Å². The van der Waals surface area contributed by atoms with Crippen LogP contribution in [0.2, 0.25) is 0 Å². The highest BCUT2D eigenvalue weighted by atomic mass is 19.4. The van der Waals surface area contributed by atoms with Crippen molar-refractivity contribution in [3.05, 3.63) is 24.3 Å². The molecule has 2 aromatic rings. The highest BCUT2D eigenvalue weighted by Gasteiger charge is 2.58. The third kappa shape index (κ3) is 4.32. The van der Waals surface area contributed by atoms with Crippen molar-refractivity contribution in [3.63, 3.8) is 0 Å². The van der Waals surface area contributed by atoms with Crippen LogP contribution in [-0.2, 0) is 6.42 Å². The van der Waals surface area contributed by atoms with Crippen LogP contribution in [0.5, 0.6) is 5.75 Å². The van der Waals surface area contributed by atoms with Gasteiger partial charge in [-0.1, -0.05) is 0 Å². The molecule has 11 heteroatoms. The number of nitrogens with two attached hydrogens (primary N) is 1. The van der Waals surface area contributed by atoms with Gasteiger partial charge in [0, 0.05) is 43.5 Å². The third-order valence-electron chi connectivity index (χ3n) is 6.32. The summed E-state index contributed by atoms with van der Waals surface area (Å²) in [6, 6.07) is 1.51. The van der Waals surface area contributed by atoms with Crippen LogP contribution in [0.3, 0.4) is 0 Å². The average molecular weight is 443 g/mol. The SMILES string of the molecule is Nc1ncc(-c2cn([C@H]3[C@@H]4CN(CC(F)(F)F)C[C@@H]43)c(CC3CC3)n2)cc1OC(F)F. The number of rotatable bonds is 7. The van der Waals surface area contributed by atoms with Crippen molar-refractivity contribution in [1.82, 2.24) is 19.4 Å². The van der Waals surface area contributed by atoms with E-state index in [0.717, 1.165) is 25.1 Å². The molecule has 2 aliphatic carbocycles. The molecule has 5 rings (SSSR count). The van der Waals surface area contributed by atoms with E-state index in [-0.39, 0.29) is 29.4 Å². The summed E-state index contributed by atoms with van der Waals surface area (Å²) in [5.74, 6) is 1.44. The maximum atomic E-state index is 12.7. The van der Waals surface area contributed by atoms with Crippen LogP contribution in [0, 0.1) is 17.8 Å². The lowest BCUT2D eigenvalue weighted by Crippen LogP contribution is -2.34. The molecule has 1 saturated heterocycles. The monoisotopic (exact) mass is 443 g/mol. The fourth-order valence-electron chi connectivity index (χ4n) is 4.72. The normalized spacial score (nSPS) is 25.8. The Labute approximate surface area is 175 Å². The van der Waals surface area contributed by atoms with Gasteiger partial charge in [0.15, 0.2) is 11.6 Å². The standard InChI is InChI=1S/C20H22F5N5O/c21-19(22)31-15-4-11(5-27-18(15)26)14-8-30(16(28-14)3-10-1-2-10)17-12-6-29(7-13(12)17)9-20(23,24)25/h4-5,8,10,12-13,17,19H,1-3,6-7,9H2,(H2,26,27)/t12-,13+,17+. The Morgan fingerprint density at radius 2 is 1.90 bits per heavy atom. The van der Waals surface area contributed by atoms with Gasteiger partial charge < -0.3 is 15.0 Å². The quantitative estimate of drug-likeness (QED) is 0.661. The lowest BCUT2D eigenvalue weighted by molar-refractivity contribution is -0.144. The lowest BCUT2D eigenvalue weighted by atomic mass is 10.2. The van der Waals surface area contributed by atoms with Crippen LogP contribution in [0.25, 0.3) is 11.3 Å². The molecule has 0 aromatic carbocycles. The zero-order valence-corrected chi connectivity index (χ0v) is 16.5. The van der Waals surface area contributed by atoms with E-state index in [1.807, 2.05) is 6.20 Å². The number of pyridine rings is 1. The Morgan fingerprint density at radius 3 is 2.52 bits per heavy atom. The van der Waals surface area contributed by atoms with Gasteiger partial charge in [-0.2, -0.15) is 22.0 Å². The second kappa shape index (κ2) is 7.32. The van der Waals surface area contributed by atoms with Gasteiger partial charge in [0.2, 0.25) is 0 Å². The number of piperidine rings is 1. The minimum atomic E-state index is -4.19. The number of alkyl halides is 5. The fraction of sp³-hybridized carbons (Fsp3) is 0.600. The van der Waals surface area contributed by atoms with Crippen LogP contribution in [0.4, 0.5) is 27.8 Å². The maximum Gasteiger partial charge on any atom is 0.401 e. The molecule has 3 fully saturated rings. The summed E-state index contributed by atoms with van der Waals surface area (Å²) in [6.45, 7) is -3.06. The van der Waals surface area contributed by atoms with Crippen LogP contribution >= 0.6 is 0 Å². The number of nitrogen functional groups attached to an aromatic ring is 1. The Kier molecular flexibility index (Phi) is 4.83. The summed E-state index contributed by atoms with van der Waals surface area (Å²) < 4.78 is 69.8. The van der Waals surface area contributed by atoms with Crippen molar-refractivity contribution < 1.29 is 26.7 Å². The fourth-order valence-corrected chi connectivity index (χ4v) is 4.72. The number of ether oxygens (including phenoxy) is 1. The zero-order chi connectivity index (χ0) is 21.9. The molecular formula is C20H22F5N5O. The second-order valence-electron chi connectivity index (χ2n) is 8.71. The summed E-state index contributed by atoms with van der Waals surface area (Å²) in [4.78, 5) is 10.1. The number of imidazole rings is 1. The maximum absolute atomic E-state index is 12.7. The van der Waals surface area contributed by atoms with Gasteiger partial charge in [0.1, 0.15) is 5.82 Å². The molecular weight excluding hydrogens is 421 g/mol. The predicted molar refractivity (Wildman–Crippen MR) is 101 cm³/mol. The van der Waals surface area contributed by atoms with Crippen molar-refractivity contribution >= 4 is 5.82 Å². The van der Waals surface area contributed by atoms with E-state index in [1.54, 1.807) is 0 Å². The Hall–Kier alpha value is -2.43. The average Bonchev–Trinajstić information content (AvgIpc) is 3.51. The minimum Gasteiger partial charge on any atom is -0.431 e. The molecule has 2 N–H and O–H groups in total. The Balaban J connectivity index is 1.38. The molecule has 0 amide bonds. The molecule has 3 atom stereocenters. The molecule has 0 spiro atoms.